The second kappa shape index (κ2) is 5.22. The number of benzene rings is 1. The van der Waals surface area contributed by atoms with Crippen LogP contribution in [0.2, 0.25) is 0 Å². The van der Waals surface area contributed by atoms with Crippen molar-refractivity contribution < 1.29 is 9.59 Å². The number of imide groups is 1. The molecule has 0 radical (unpaired) electrons. The van der Waals surface area contributed by atoms with Crippen molar-refractivity contribution in [3.63, 3.8) is 0 Å². The Balaban J connectivity index is 1.93. The smallest absolute Gasteiger partial charge is 0.302 e. The number of urea groups is 1. The minimum absolute atomic E-state index is 0.285. The average molecular weight is 349 g/mol. The zero-order chi connectivity index (χ0) is 14.1. The maximum absolute atomic E-state index is 12.3. The number of halogens is 1. The number of nitrogens with zero attached hydrogens (tertiary/aromatic N) is 1. The molecule has 0 aliphatic carbocycles. The number of para-hydroxylation sites is 1. The highest BCUT2D eigenvalue weighted by Crippen LogP contribution is 2.25. The molecule has 0 spiro atoms. The number of carbonyl (C=O) groups is 2. The Hall–Kier alpha value is -1.92. The van der Waals surface area contributed by atoms with Crippen molar-refractivity contribution >= 4 is 51.0 Å². The summed E-state index contributed by atoms with van der Waals surface area (Å²) in [5.74, 6) is -0.342. The Bertz CT molecular complexity index is 709. The minimum atomic E-state index is -0.428. The number of thiophene rings is 1. The van der Waals surface area contributed by atoms with E-state index in [1.54, 1.807) is 30.3 Å². The number of amides is 3. The molecule has 1 aromatic carbocycles. The number of hydrogen-bond donors (Lipinski definition) is 1. The van der Waals surface area contributed by atoms with Gasteiger partial charge in [-0.1, -0.05) is 18.2 Å². The van der Waals surface area contributed by atoms with Crippen LogP contribution in [-0.4, -0.2) is 11.9 Å². The van der Waals surface area contributed by atoms with Crippen molar-refractivity contribution in [2.75, 3.05) is 4.90 Å². The summed E-state index contributed by atoms with van der Waals surface area (Å²) in [6.45, 7) is 0. The highest BCUT2D eigenvalue weighted by atomic mass is 79.9. The fourth-order valence-corrected chi connectivity index (χ4v) is 3.27. The van der Waals surface area contributed by atoms with Gasteiger partial charge in [0.05, 0.1) is 5.69 Å². The number of nitrogens with one attached hydrogen (secondary N) is 1. The lowest BCUT2D eigenvalue weighted by Crippen LogP contribution is -2.30. The third-order valence-electron chi connectivity index (χ3n) is 2.77. The number of carbonyl (C=O) groups excluding carboxylic acids is 2. The molecule has 0 unspecified atom stereocenters. The Morgan fingerprint density at radius 1 is 1.20 bits per heavy atom. The maximum atomic E-state index is 12.3. The molecule has 1 N–H and O–H groups in total. The van der Waals surface area contributed by atoms with Gasteiger partial charge >= 0.3 is 6.03 Å². The van der Waals surface area contributed by atoms with E-state index in [1.165, 1.54) is 11.3 Å². The molecule has 1 aliphatic rings. The van der Waals surface area contributed by atoms with Crippen molar-refractivity contribution in [1.82, 2.24) is 5.32 Å². The van der Waals surface area contributed by atoms with Crippen LogP contribution in [0.25, 0.3) is 6.08 Å². The van der Waals surface area contributed by atoms with Crippen LogP contribution in [-0.2, 0) is 4.79 Å². The number of anilines is 1. The first kappa shape index (κ1) is 13.1. The quantitative estimate of drug-likeness (QED) is 0.665. The summed E-state index contributed by atoms with van der Waals surface area (Å²) in [4.78, 5) is 26.3. The average Bonchev–Trinajstić information content (AvgIpc) is 2.96. The van der Waals surface area contributed by atoms with Crippen LogP contribution in [0.3, 0.4) is 0 Å². The molecular formula is C14H9BrN2O2S. The summed E-state index contributed by atoms with van der Waals surface area (Å²) in [5.41, 5.74) is 0.846. The monoisotopic (exact) mass is 348 g/mol. The molecule has 4 nitrogen and oxygen atoms in total. The standard InChI is InChI=1S/C14H9BrN2O2S/c15-9-6-11(20-8-9)7-12-13(18)17(14(19)16-12)10-4-2-1-3-5-10/h1-8H,(H,16,19)/b12-7-. The molecule has 100 valence electrons. The summed E-state index contributed by atoms with van der Waals surface area (Å²) in [7, 11) is 0. The predicted molar refractivity (Wildman–Crippen MR) is 82.5 cm³/mol. The molecule has 6 heteroatoms. The molecule has 0 bridgehead atoms. The SMILES string of the molecule is O=C1N/C(=C\c2cc(Br)cs2)C(=O)N1c1ccccc1. The van der Waals surface area contributed by atoms with E-state index in [1.807, 2.05) is 17.5 Å². The normalized spacial score (nSPS) is 16.9. The summed E-state index contributed by atoms with van der Waals surface area (Å²) in [6, 6.07) is 10.3. The molecule has 2 heterocycles. The van der Waals surface area contributed by atoms with Crippen LogP contribution in [0, 0.1) is 0 Å². The van der Waals surface area contributed by atoms with E-state index in [9.17, 15) is 9.59 Å². The summed E-state index contributed by atoms with van der Waals surface area (Å²) in [6.07, 6.45) is 1.68. The van der Waals surface area contributed by atoms with Gasteiger partial charge in [-0.25, -0.2) is 9.69 Å². The molecule has 0 saturated carbocycles. The zero-order valence-electron chi connectivity index (χ0n) is 10.2. The highest BCUT2D eigenvalue weighted by molar-refractivity contribution is 9.10. The lowest BCUT2D eigenvalue weighted by molar-refractivity contribution is -0.113. The molecule has 1 aromatic heterocycles. The molecule has 1 saturated heterocycles. The lowest BCUT2D eigenvalue weighted by atomic mass is 10.3. The fraction of sp³-hybridized carbons (Fsp3) is 0. The first-order chi connectivity index (χ1) is 9.65. The van der Waals surface area contributed by atoms with E-state index in [0.717, 1.165) is 14.2 Å². The fourth-order valence-electron chi connectivity index (χ4n) is 1.89. The van der Waals surface area contributed by atoms with Gasteiger partial charge in [0.1, 0.15) is 5.70 Å². The van der Waals surface area contributed by atoms with Gasteiger partial charge in [0.15, 0.2) is 0 Å². The van der Waals surface area contributed by atoms with Crippen LogP contribution >= 0.6 is 27.3 Å². The molecule has 2 aromatic rings. The summed E-state index contributed by atoms with van der Waals surface area (Å²) < 4.78 is 0.950. The molecule has 1 aliphatic heterocycles. The molecule has 3 rings (SSSR count). The van der Waals surface area contributed by atoms with Crippen molar-refractivity contribution in [3.8, 4) is 0 Å². The maximum Gasteiger partial charge on any atom is 0.333 e. The Morgan fingerprint density at radius 3 is 2.60 bits per heavy atom. The third-order valence-corrected chi connectivity index (χ3v) is 4.41. The van der Waals surface area contributed by atoms with Gasteiger partial charge in [-0.2, -0.15) is 0 Å². The molecule has 1 fully saturated rings. The first-order valence-corrected chi connectivity index (χ1v) is 7.48. The topological polar surface area (TPSA) is 49.4 Å². The minimum Gasteiger partial charge on any atom is -0.302 e. The second-order valence-corrected chi connectivity index (χ2v) is 5.99. The van der Waals surface area contributed by atoms with Crippen molar-refractivity contribution in [3.05, 3.63) is 56.8 Å². The van der Waals surface area contributed by atoms with Gasteiger partial charge in [0.25, 0.3) is 5.91 Å². The largest absolute Gasteiger partial charge is 0.333 e. The summed E-state index contributed by atoms with van der Waals surface area (Å²) >= 11 is 4.85. The van der Waals surface area contributed by atoms with E-state index in [0.29, 0.717) is 5.69 Å². The van der Waals surface area contributed by atoms with Gasteiger partial charge in [0.2, 0.25) is 0 Å². The van der Waals surface area contributed by atoms with Crippen LogP contribution in [0.5, 0.6) is 0 Å². The van der Waals surface area contributed by atoms with Crippen LogP contribution in [0.15, 0.2) is 51.9 Å². The molecular weight excluding hydrogens is 340 g/mol. The highest BCUT2D eigenvalue weighted by Gasteiger charge is 2.34. The number of rotatable bonds is 2. The van der Waals surface area contributed by atoms with Crippen molar-refractivity contribution in [1.29, 1.82) is 0 Å². The Labute approximate surface area is 127 Å². The Morgan fingerprint density at radius 2 is 1.95 bits per heavy atom. The van der Waals surface area contributed by atoms with Gasteiger partial charge in [-0.15, -0.1) is 11.3 Å². The third kappa shape index (κ3) is 2.39. The second-order valence-electron chi connectivity index (χ2n) is 4.13. The van der Waals surface area contributed by atoms with Gasteiger partial charge in [-0.3, -0.25) is 4.79 Å². The molecule has 0 atom stereocenters. The lowest BCUT2D eigenvalue weighted by Gasteiger charge is -2.10. The van der Waals surface area contributed by atoms with Crippen molar-refractivity contribution in [2.45, 2.75) is 0 Å². The predicted octanol–water partition coefficient (Wildman–Crippen LogP) is 3.61. The van der Waals surface area contributed by atoms with Crippen molar-refractivity contribution in [2.24, 2.45) is 0 Å². The van der Waals surface area contributed by atoms with E-state index < -0.39 is 6.03 Å². The zero-order valence-corrected chi connectivity index (χ0v) is 12.6. The summed E-state index contributed by atoms with van der Waals surface area (Å²) in [5, 5.41) is 4.52. The van der Waals surface area contributed by atoms with E-state index in [-0.39, 0.29) is 11.6 Å². The van der Waals surface area contributed by atoms with Gasteiger partial charge in [-0.05, 0) is 40.2 Å². The van der Waals surface area contributed by atoms with Crippen LogP contribution in [0.1, 0.15) is 4.88 Å². The first-order valence-electron chi connectivity index (χ1n) is 5.81. The number of hydrogen-bond acceptors (Lipinski definition) is 3. The van der Waals surface area contributed by atoms with Crippen LogP contribution in [0.4, 0.5) is 10.5 Å². The Kier molecular flexibility index (Phi) is 3.42. The van der Waals surface area contributed by atoms with Gasteiger partial charge < -0.3 is 5.32 Å². The van der Waals surface area contributed by atoms with Crippen LogP contribution < -0.4 is 10.2 Å². The molecule has 20 heavy (non-hydrogen) atoms. The van der Waals surface area contributed by atoms with E-state index in [2.05, 4.69) is 21.2 Å². The van der Waals surface area contributed by atoms with Gasteiger partial charge in [0, 0.05) is 14.7 Å². The van der Waals surface area contributed by atoms with E-state index >= 15 is 0 Å². The molecule has 3 amide bonds. The van der Waals surface area contributed by atoms with E-state index in [4.69, 9.17) is 0 Å².